The quantitative estimate of drug-likeness (QED) is 0.660. The molecule has 0 amide bonds. The highest BCUT2D eigenvalue weighted by Gasteiger charge is 2.16. The summed E-state index contributed by atoms with van der Waals surface area (Å²) in [6, 6.07) is 5.23. The molecule has 1 atom stereocenters. The fraction of sp³-hybridized carbons (Fsp3) is 0.231. The van der Waals surface area contributed by atoms with Crippen LogP contribution in [-0.4, -0.2) is 0 Å². The fourth-order valence-electron chi connectivity index (χ4n) is 1.89. The van der Waals surface area contributed by atoms with E-state index < -0.39 is 11.6 Å². The predicted molar refractivity (Wildman–Crippen MR) is 69.2 cm³/mol. The van der Waals surface area contributed by atoms with Crippen LogP contribution >= 0.6 is 11.3 Å². The van der Waals surface area contributed by atoms with Gasteiger partial charge in [0.2, 0.25) is 0 Å². The van der Waals surface area contributed by atoms with Crippen LogP contribution in [0.3, 0.4) is 0 Å². The highest BCUT2D eigenvalue weighted by molar-refractivity contribution is 7.10. The third-order valence-electron chi connectivity index (χ3n) is 2.85. The van der Waals surface area contributed by atoms with Gasteiger partial charge in [-0.2, -0.15) is 0 Å². The fourth-order valence-corrected chi connectivity index (χ4v) is 2.88. The number of rotatable bonds is 4. The van der Waals surface area contributed by atoms with Crippen LogP contribution in [0.25, 0.3) is 0 Å². The molecule has 0 fully saturated rings. The van der Waals surface area contributed by atoms with E-state index in [9.17, 15) is 8.78 Å². The molecule has 1 aromatic carbocycles. The summed E-state index contributed by atoms with van der Waals surface area (Å²) in [4.78, 5) is 1.04. The van der Waals surface area contributed by atoms with E-state index in [0.29, 0.717) is 12.0 Å². The van der Waals surface area contributed by atoms with Crippen LogP contribution in [0.15, 0.2) is 29.6 Å². The van der Waals surface area contributed by atoms with Crippen molar-refractivity contribution in [1.29, 1.82) is 0 Å². The molecule has 0 saturated heterocycles. The minimum atomic E-state index is -0.440. The van der Waals surface area contributed by atoms with Crippen LogP contribution in [0, 0.1) is 18.6 Å². The number of benzene rings is 1. The predicted octanol–water partition coefficient (Wildman–Crippen LogP) is 3.08. The minimum Gasteiger partial charge on any atom is -0.271 e. The smallest absolute Gasteiger partial charge is 0.126 e. The number of hydrazine groups is 1. The largest absolute Gasteiger partial charge is 0.271 e. The van der Waals surface area contributed by atoms with Crippen molar-refractivity contribution < 1.29 is 8.78 Å². The molecule has 0 bridgehead atoms. The molecule has 0 saturated carbocycles. The van der Waals surface area contributed by atoms with Gasteiger partial charge in [0.05, 0.1) is 6.04 Å². The summed E-state index contributed by atoms with van der Waals surface area (Å²) >= 11 is 1.55. The molecule has 2 nitrogen and oxygen atoms in total. The first kappa shape index (κ1) is 13.1. The molecule has 2 aromatic rings. The lowest BCUT2D eigenvalue weighted by Crippen LogP contribution is -2.29. The van der Waals surface area contributed by atoms with Crippen molar-refractivity contribution in [3.63, 3.8) is 0 Å². The van der Waals surface area contributed by atoms with Gasteiger partial charge in [-0.25, -0.2) is 8.78 Å². The van der Waals surface area contributed by atoms with Crippen molar-refractivity contribution in [3.8, 4) is 0 Å². The number of hydrogen-bond donors (Lipinski definition) is 2. The summed E-state index contributed by atoms with van der Waals surface area (Å²) in [6.07, 6.45) is 0.321. The second-order valence-electron chi connectivity index (χ2n) is 4.13. The molecule has 0 radical (unpaired) electrons. The Morgan fingerprint density at radius 2 is 2.11 bits per heavy atom. The highest BCUT2D eigenvalue weighted by Crippen LogP contribution is 2.27. The van der Waals surface area contributed by atoms with Gasteiger partial charge < -0.3 is 0 Å². The van der Waals surface area contributed by atoms with E-state index >= 15 is 0 Å². The van der Waals surface area contributed by atoms with Crippen LogP contribution in [0.4, 0.5) is 8.78 Å². The van der Waals surface area contributed by atoms with Gasteiger partial charge in [-0.05, 0) is 54.1 Å². The molecular formula is C13H14F2N2S. The highest BCUT2D eigenvalue weighted by atomic mass is 32.1. The lowest BCUT2D eigenvalue weighted by atomic mass is 10.0. The number of halogens is 2. The summed E-state index contributed by atoms with van der Waals surface area (Å²) in [5.74, 6) is 4.66. The van der Waals surface area contributed by atoms with Crippen molar-refractivity contribution in [1.82, 2.24) is 5.43 Å². The first-order valence-corrected chi connectivity index (χ1v) is 6.44. The zero-order valence-electron chi connectivity index (χ0n) is 9.91. The second kappa shape index (κ2) is 5.56. The second-order valence-corrected chi connectivity index (χ2v) is 5.07. The maximum atomic E-state index is 13.6. The number of nitrogens with one attached hydrogen (secondary N) is 1. The average molecular weight is 268 g/mol. The van der Waals surface area contributed by atoms with Crippen molar-refractivity contribution in [2.75, 3.05) is 0 Å². The van der Waals surface area contributed by atoms with Gasteiger partial charge in [0.1, 0.15) is 11.6 Å². The van der Waals surface area contributed by atoms with Gasteiger partial charge in [0, 0.05) is 4.88 Å². The molecule has 0 aliphatic carbocycles. The van der Waals surface area contributed by atoms with E-state index in [0.717, 1.165) is 22.6 Å². The number of nitrogens with two attached hydrogens (primary N) is 1. The van der Waals surface area contributed by atoms with Crippen LogP contribution in [0.2, 0.25) is 0 Å². The maximum Gasteiger partial charge on any atom is 0.126 e. The van der Waals surface area contributed by atoms with E-state index in [1.807, 2.05) is 18.4 Å². The number of thiophene rings is 1. The molecule has 96 valence electrons. The third-order valence-corrected chi connectivity index (χ3v) is 3.98. The van der Waals surface area contributed by atoms with Crippen LogP contribution in [0.5, 0.6) is 0 Å². The zero-order chi connectivity index (χ0) is 13.1. The first-order valence-electron chi connectivity index (χ1n) is 5.56. The Morgan fingerprint density at radius 1 is 1.33 bits per heavy atom. The van der Waals surface area contributed by atoms with Crippen molar-refractivity contribution in [2.45, 2.75) is 19.4 Å². The summed E-state index contributed by atoms with van der Waals surface area (Å²) in [5, 5.41) is 1.96. The van der Waals surface area contributed by atoms with E-state index in [1.165, 1.54) is 6.07 Å². The Morgan fingerprint density at radius 3 is 2.72 bits per heavy atom. The molecule has 5 heteroatoms. The van der Waals surface area contributed by atoms with Crippen LogP contribution in [0.1, 0.15) is 22.0 Å². The summed E-state index contributed by atoms with van der Waals surface area (Å²) in [6.45, 7) is 1.97. The molecule has 3 N–H and O–H groups in total. The zero-order valence-corrected chi connectivity index (χ0v) is 10.7. The van der Waals surface area contributed by atoms with Crippen molar-refractivity contribution >= 4 is 11.3 Å². The molecule has 0 aliphatic heterocycles. The molecule has 1 heterocycles. The van der Waals surface area contributed by atoms with Crippen molar-refractivity contribution in [2.24, 2.45) is 5.84 Å². The van der Waals surface area contributed by atoms with E-state index in [-0.39, 0.29) is 6.04 Å². The van der Waals surface area contributed by atoms with Gasteiger partial charge in [-0.1, -0.05) is 0 Å². The first-order chi connectivity index (χ1) is 8.61. The van der Waals surface area contributed by atoms with Crippen molar-refractivity contribution in [3.05, 3.63) is 57.3 Å². The molecule has 18 heavy (non-hydrogen) atoms. The lowest BCUT2D eigenvalue weighted by Gasteiger charge is -2.16. The Kier molecular flexibility index (Phi) is 4.06. The topological polar surface area (TPSA) is 38.0 Å². The normalized spacial score (nSPS) is 12.7. The standard InChI is InChI=1S/C13H14F2N2S/c1-8-4-5-18-13(8)12(17-16)7-9-6-10(14)2-3-11(9)15/h2-6,12,17H,7,16H2,1H3. The SMILES string of the molecule is Cc1ccsc1C(Cc1cc(F)ccc1F)NN. The number of hydrogen-bond acceptors (Lipinski definition) is 3. The summed E-state index contributed by atoms with van der Waals surface area (Å²) in [7, 11) is 0. The summed E-state index contributed by atoms with van der Waals surface area (Å²) in [5.41, 5.74) is 4.08. The molecule has 1 aromatic heterocycles. The van der Waals surface area contributed by atoms with Gasteiger partial charge in [-0.15, -0.1) is 11.3 Å². The Balaban J connectivity index is 2.26. The van der Waals surface area contributed by atoms with E-state index in [2.05, 4.69) is 5.43 Å². The molecular weight excluding hydrogens is 254 g/mol. The van der Waals surface area contributed by atoms with Crippen LogP contribution < -0.4 is 11.3 Å². The third kappa shape index (κ3) is 2.75. The van der Waals surface area contributed by atoms with Gasteiger partial charge in [-0.3, -0.25) is 11.3 Å². The Hall–Kier alpha value is -1.30. The van der Waals surface area contributed by atoms with Crippen LogP contribution in [-0.2, 0) is 6.42 Å². The molecule has 1 unspecified atom stereocenters. The lowest BCUT2D eigenvalue weighted by molar-refractivity contribution is 0.527. The molecule has 0 aliphatic rings. The molecule has 2 rings (SSSR count). The van der Waals surface area contributed by atoms with Gasteiger partial charge in [0.15, 0.2) is 0 Å². The monoisotopic (exact) mass is 268 g/mol. The van der Waals surface area contributed by atoms with E-state index in [4.69, 9.17) is 5.84 Å². The van der Waals surface area contributed by atoms with Gasteiger partial charge >= 0.3 is 0 Å². The molecule has 0 spiro atoms. The maximum absolute atomic E-state index is 13.6. The Labute approximate surface area is 108 Å². The minimum absolute atomic E-state index is 0.207. The summed E-state index contributed by atoms with van der Waals surface area (Å²) < 4.78 is 26.7. The van der Waals surface area contributed by atoms with Gasteiger partial charge in [0.25, 0.3) is 0 Å². The number of aryl methyl sites for hydroxylation is 1. The van der Waals surface area contributed by atoms with E-state index in [1.54, 1.807) is 11.3 Å². The average Bonchev–Trinajstić information content (AvgIpc) is 2.77. The Bertz CT molecular complexity index is 540.